The molecule has 1 aromatic carbocycles. The first-order valence-corrected chi connectivity index (χ1v) is 5.76. The number of fused-ring (bicyclic) bond motifs is 1. The summed E-state index contributed by atoms with van der Waals surface area (Å²) in [7, 11) is 0. The zero-order chi connectivity index (χ0) is 10.2. The first-order valence-electron chi connectivity index (χ1n) is 4.98. The Balaban J connectivity index is 2.53. The van der Waals surface area contributed by atoms with Gasteiger partial charge in [-0.2, -0.15) is 4.37 Å². The molecule has 0 amide bonds. The zero-order valence-corrected chi connectivity index (χ0v) is 9.69. The van der Waals surface area contributed by atoms with Crippen molar-refractivity contribution in [1.29, 1.82) is 0 Å². The molecule has 0 saturated carbocycles. The predicted octanol–water partition coefficient (Wildman–Crippen LogP) is 3.98. The minimum absolute atomic E-state index is 0.276. The molecule has 0 bridgehead atoms. The number of hydrogen-bond acceptors (Lipinski definition) is 2. The number of aromatic nitrogens is 1. The number of benzene rings is 1. The van der Waals surface area contributed by atoms with Crippen LogP contribution in [0.3, 0.4) is 0 Å². The summed E-state index contributed by atoms with van der Waals surface area (Å²) in [5.74, 6) is 0. The molecule has 0 aliphatic heterocycles. The van der Waals surface area contributed by atoms with E-state index in [2.05, 4.69) is 43.3 Å². The third-order valence-electron chi connectivity index (χ3n) is 3.02. The van der Waals surface area contributed by atoms with Gasteiger partial charge in [0.1, 0.15) is 0 Å². The largest absolute Gasteiger partial charge is 0.200 e. The van der Waals surface area contributed by atoms with Gasteiger partial charge in [-0.15, -0.1) is 0 Å². The van der Waals surface area contributed by atoms with Crippen LogP contribution in [0.4, 0.5) is 0 Å². The molecule has 2 heteroatoms. The highest BCUT2D eigenvalue weighted by molar-refractivity contribution is 7.13. The first-order chi connectivity index (χ1) is 6.63. The monoisotopic (exact) mass is 205 g/mol. The van der Waals surface area contributed by atoms with E-state index in [1.54, 1.807) is 11.5 Å². The van der Waals surface area contributed by atoms with E-state index < -0.39 is 0 Å². The average molecular weight is 205 g/mol. The van der Waals surface area contributed by atoms with Gasteiger partial charge in [-0.25, -0.2) is 0 Å². The Bertz CT molecular complexity index is 442. The van der Waals surface area contributed by atoms with E-state index in [0.717, 1.165) is 6.42 Å². The van der Waals surface area contributed by atoms with Gasteiger partial charge in [-0.1, -0.05) is 32.9 Å². The highest BCUT2D eigenvalue weighted by Crippen LogP contribution is 2.30. The van der Waals surface area contributed by atoms with Crippen molar-refractivity contribution in [3.63, 3.8) is 0 Å². The minimum Gasteiger partial charge on any atom is -0.200 e. The van der Waals surface area contributed by atoms with Crippen LogP contribution in [0.15, 0.2) is 24.4 Å². The second-order valence-corrected chi connectivity index (χ2v) is 5.15. The lowest BCUT2D eigenvalue weighted by Gasteiger charge is -2.23. The topological polar surface area (TPSA) is 12.9 Å². The van der Waals surface area contributed by atoms with Gasteiger partial charge >= 0.3 is 0 Å². The third kappa shape index (κ3) is 1.55. The summed E-state index contributed by atoms with van der Waals surface area (Å²) in [4.78, 5) is 0. The summed E-state index contributed by atoms with van der Waals surface area (Å²) in [5.41, 5.74) is 1.69. The second kappa shape index (κ2) is 3.35. The molecule has 0 unspecified atom stereocenters. The molecule has 2 aromatic rings. The maximum absolute atomic E-state index is 4.19. The highest BCUT2D eigenvalue weighted by Gasteiger charge is 2.18. The lowest BCUT2D eigenvalue weighted by atomic mass is 9.82. The summed E-state index contributed by atoms with van der Waals surface area (Å²) < 4.78 is 5.49. The molecule has 1 aromatic heterocycles. The molecule has 74 valence electrons. The molecule has 0 spiro atoms. The highest BCUT2D eigenvalue weighted by atomic mass is 32.1. The molecule has 0 aliphatic carbocycles. The summed E-state index contributed by atoms with van der Waals surface area (Å²) in [5, 5.41) is 1.26. The predicted molar refractivity (Wildman–Crippen MR) is 62.9 cm³/mol. The Hall–Kier alpha value is -0.890. The van der Waals surface area contributed by atoms with Crippen LogP contribution < -0.4 is 0 Å². The molecule has 1 heterocycles. The van der Waals surface area contributed by atoms with Crippen LogP contribution in [0.1, 0.15) is 32.8 Å². The summed E-state index contributed by atoms with van der Waals surface area (Å²) in [6.45, 7) is 6.81. The summed E-state index contributed by atoms with van der Waals surface area (Å²) >= 11 is 1.58. The zero-order valence-electron chi connectivity index (χ0n) is 8.87. The Labute approximate surface area is 88.9 Å². The molecular formula is C12H15NS. The van der Waals surface area contributed by atoms with E-state index in [-0.39, 0.29) is 5.41 Å². The van der Waals surface area contributed by atoms with Crippen molar-refractivity contribution in [2.75, 3.05) is 0 Å². The molecule has 0 radical (unpaired) electrons. The minimum atomic E-state index is 0.276. The van der Waals surface area contributed by atoms with Crippen molar-refractivity contribution in [3.8, 4) is 0 Å². The number of rotatable bonds is 2. The van der Waals surface area contributed by atoms with Crippen LogP contribution in [0.5, 0.6) is 0 Å². The van der Waals surface area contributed by atoms with Gasteiger partial charge in [0.2, 0.25) is 0 Å². The van der Waals surface area contributed by atoms with E-state index in [1.165, 1.54) is 15.6 Å². The normalized spacial score (nSPS) is 12.2. The lowest BCUT2D eigenvalue weighted by Crippen LogP contribution is -2.14. The van der Waals surface area contributed by atoms with Crippen LogP contribution >= 0.6 is 11.5 Å². The molecule has 2 rings (SSSR count). The fourth-order valence-corrected chi connectivity index (χ4v) is 2.17. The molecule has 0 atom stereocenters. The van der Waals surface area contributed by atoms with Gasteiger partial charge in [-0.05, 0) is 35.0 Å². The Morgan fingerprint density at radius 1 is 1.36 bits per heavy atom. The number of nitrogens with zero attached hydrogens (tertiary/aromatic N) is 1. The van der Waals surface area contributed by atoms with Gasteiger partial charge in [-0.3, -0.25) is 0 Å². The SMILES string of the molecule is CCC(C)(C)c1ccc2cnsc2c1. The van der Waals surface area contributed by atoms with Crippen LogP contribution in [-0.2, 0) is 5.41 Å². The van der Waals surface area contributed by atoms with Gasteiger partial charge < -0.3 is 0 Å². The first kappa shape index (κ1) is 9.66. The Morgan fingerprint density at radius 2 is 2.14 bits per heavy atom. The molecule has 1 nitrogen and oxygen atoms in total. The fraction of sp³-hybridized carbons (Fsp3) is 0.417. The molecule has 14 heavy (non-hydrogen) atoms. The van der Waals surface area contributed by atoms with E-state index in [4.69, 9.17) is 0 Å². The maximum Gasteiger partial charge on any atom is 0.0552 e. The van der Waals surface area contributed by atoms with E-state index in [0.29, 0.717) is 0 Å². The van der Waals surface area contributed by atoms with Crippen molar-refractivity contribution >= 4 is 21.6 Å². The molecular weight excluding hydrogens is 190 g/mol. The van der Waals surface area contributed by atoms with Crippen molar-refractivity contribution in [3.05, 3.63) is 30.0 Å². The van der Waals surface area contributed by atoms with E-state index in [9.17, 15) is 0 Å². The third-order valence-corrected chi connectivity index (χ3v) is 3.78. The van der Waals surface area contributed by atoms with Crippen LogP contribution in [0.2, 0.25) is 0 Å². The standard InChI is InChI=1S/C12H15NS/c1-4-12(2,3)10-6-5-9-8-13-14-11(9)7-10/h5-8H,4H2,1-3H3. The van der Waals surface area contributed by atoms with Crippen LogP contribution in [0, 0.1) is 0 Å². The quantitative estimate of drug-likeness (QED) is 0.722. The fourth-order valence-electron chi connectivity index (χ4n) is 1.49. The van der Waals surface area contributed by atoms with Crippen molar-refractivity contribution < 1.29 is 0 Å². The molecule has 0 fully saturated rings. The number of hydrogen-bond donors (Lipinski definition) is 0. The van der Waals surface area contributed by atoms with Gasteiger partial charge in [0.05, 0.1) is 4.70 Å². The molecule has 0 N–H and O–H groups in total. The van der Waals surface area contributed by atoms with Gasteiger partial charge in [0.15, 0.2) is 0 Å². The van der Waals surface area contributed by atoms with Crippen molar-refractivity contribution in [2.45, 2.75) is 32.6 Å². The van der Waals surface area contributed by atoms with Gasteiger partial charge in [0, 0.05) is 11.6 Å². The lowest BCUT2D eigenvalue weighted by molar-refractivity contribution is 0.507. The summed E-state index contributed by atoms with van der Waals surface area (Å²) in [6, 6.07) is 6.67. The smallest absolute Gasteiger partial charge is 0.0552 e. The van der Waals surface area contributed by atoms with Crippen molar-refractivity contribution in [1.82, 2.24) is 4.37 Å². The maximum atomic E-state index is 4.19. The summed E-state index contributed by atoms with van der Waals surface area (Å²) in [6.07, 6.45) is 3.10. The molecule has 0 saturated heterocycles. The van der Waals surface area contributed by atoms with Crippen LogP contribution in [-0.4, -0.2) is 4.37 Å². The second-order valence-electron chi connectivity index (χ2n) is 4.32. The van der Waals surface area contributed by atoms with E-state index >= 15 is 0 Å². The Morgan fingerprint density at radius 3 is 2.86 bits per heavy atom. The van der Waals surface area contributed by atoms with Crippen molar-refractivity contribution in [2.24, 2.45) is 0 Å². The average Bonchev–Trinajstić information content (AvgIpc) is 2.64. The van der Waals surface area contributed by atoms with Crippen LogP contribution in [0.25, 0.3) is 10.1 Å². The van der Waals surface area contributed by atoms with Gasteiger partial charge in [0.25, 0.3) is 0 Å². The molecule has 0 aliphatic rings. The Kier molecular flexibility index (Phi) is 2.31. The van der Waals surface area contributed by atoms with E-state index in [1.807, 2.05) is 6.20 Å².